The van der Waals surface area contributed by atoms with Crippen molar-refractivity contribution in [1.29, 1.82) is 0 Å². The molecule has 0 amide bonds. The molecule has 4 aromatic heterocycles. The number of pyridine rings is 2. The number of nitrogens with one attached hydrogen (secondary N) is 1. The van der Waals surface area contributed by atoms with Gasteiger partial charge in [-0.1, -0.05) is 49.4 Å². The fourth-order valence-electron chi connectivity index (χ4n) is 6.25. The van der Waals surface area contributed by atoms with E-state index in [2.05, 4.69) is 33.5 Å². The molecule has 0 spiro atoms. The first-order chi connectivity index (χ1) is 18.9. The van der Waals surface area contributed by atoms with Gasteiger partial charge in [0.05, 0.1) is 27.9 Å². The molecule has 0 radical (unpaired) electrons. The van der Waals surface area contributed by atoms with Crippen LogP contribution in [-0.4, -0.2) is 35.8 Å². The summed E-state index contributed by atoms with van der Waals surface area (Å²) >= 11 is 6.36. The number of nitrogens with zero attached hydrogens (tertiary/aromatic N) is 5. The van der Waals surface area contributed by atoms with Gasteiger partial charge < -0.3 is 9.30 Å². The number of halogens is 1. The Balaban J connectivity index is 1.46. The van der Waals surface area contributed by atoms with Crippen LogP contribution < -0.4 is 5.76 Å². The SMILES string of the molecule is CC(OCc1nc2cc(-c3noc(=O)[nH]3)nc(-c3cncc(Cl)c3)c2n1C[C@H]1CC[C@H](C)CC1)C1CCCC1. The molecule has 2 saturated carbocycles. The smallest absolute Gasteiger partial charge is 0.370 e. The number of imidazole rings is 1. The third-order valence-corrected chi connectivity index (χ3v) is 8.79. The first kappa shape index (κ1) is 26.2. The van der Waals surface area contributed by atoms with Gasteiger partial charge >= 0.3 is 5.76 Å². The van der Waals surface area contributed by atoms with E-state index in [0.717, 1.165) is 34.9 Å². The lowest BCUT2D eigenvalue weighted by Gasteiger charge is -2.27. The number of rotatable bonds is 8. The molecule has 9 nitrogen and oxygen atoms in total. The van der Waals surface area contributed by atoms with E-state index in [1.165, 1.54) is 51.4 Å². The zero-order valence-corrected chi connectivity index (χ0v) is 23.3. The van der Waals surface area contributed by atoms with Gasteiger partial charge in [0.2, 0.25) is 5.82 Å². The standard InChI is InChI=1S/C29H35ClN6O3/c1-17-7-9-19(10-8-17)15-36-25(16-38-18(2)20-5-3-4-6-20)32-23-12-24(28-34-29(37)39-35-28)33-26(27(23)36)21-11-22(30)14-31-13-21/h11-14,17-20H,3-10,15-16H2,1-2H3,(H,34,35,37)/t17-,18?,19-. The highest BCUT2D eigenvalue weighted by Gasteiger charge is 2.26. The third kappa shape index (κ3) is 5.65. The van der Waals surface area contributed by atoms with Gasteiger partial charge in [0.25, 0.3) is 0 Å². The molecule has 2 fully saturated rings. The second-order valence-electron chi connectivity index (χ2n) is 11.4. The maximum absolute atomic E-state index is 11.7. The Morgan fingerprint density at radius 3 is 2.64 bits per heavy atom. The van der Waals surface area contributed by atoms with Gasteiger partial charge in [0, 0.05) is 24.5 Å². The molecular weight excluding hydrogens is 516 g/mol. The Bertz CT molecular complexity index is 1500. The van der Waals surface area contributed by atoms with E-state index in [-0.39, 0.29) is 11.9 Å². The zero-order valence-electron chi connectivity index (χ0n) is 22.5. The van der Waals surface area contributed by atoms with E-state index in [1.807, 2.05) is 12.1 Å². The van der Waals surface area contributed by atoms with Crippen molar-refractivity contribution < 1.29 is 9.26 Å². The minimum Gasteiger partial charge on any atom is -0.370 e. The minimum absolute atomic E-state index is 0.182. The third-order valence-electron chi connectivity index (χ3n) is 8.58. The molecule has 0 saturated heterocycles. The Morgan fingerprint density at radius 1 is 1.13 bits per heavy atom. The van der Waals surface area contributed by atoms with Gasteiger partial charge in [-0.2, -0.15) is 0 Å². The van der Waals surface area contributed by atoms with Gasteiger partial charge in [0.1, 0.15) is 18.1 Å². The summed E-state index contributed by atoms with van der Waals surface area (Å²) in [5, 5.41) is 4.39. The van der Waals surface area contributed by atoms with Crippen LogP contribution in [0.4, 0.5) is 0 Å². The van der Waals surface area contributed by atoms with E-state index in [4.69, 9.17) is 30.8 Å². The molecule has 4 heterocycles. The molecule has 39 heavy (non-hydrogen) atoms. The first-order valence-corrected chi connectivity index (χ1v) is 14.5. The monoisotopic (exact) mass is 550 g/mol. The van der Waals surface area contributed by atoms with Crippen molar-refractivity contribution in [2.24, 2.45) is 17.8 Å². The zero-order chi connectivity index (χ0) is 26.9. The van der Waals surface area contributed by atoms with Gasteiger partial charge in [-0.3, -0.25) is 14.5 Å². The molecule has 206 valence electrons. The van der Waals surface area contributed by atoms with Crippen molar-refractivity contribution in [3.63, 3.8) is 0 Å². The summed E-state index contributed by atoms with van der Waals surface area (Å²) in [6.07, 6.45) is 13.4. The molecule has 4 aromatic rings. The van der Waals surface area contributed by atoms with E-state index < -0.39 is 5.76 Å². The van der Waals surface area contributed by atoms with E-state index >= 15 is 0 Å². The molecule has 1 N–H and O–H groups in total. The van der Waals surface area contributed by atoms with Crippen LogP contribution in [0.5, 0.6) is 0 Å². The van der Waals surface area contributed by atoms with Crippen LogP contribution >= 0.6 is 11.6 Å². The summed E-state index contributed by atoms with van der Waals surface area (Å²) in [6, 6.07) is 3.71. The van der Waals surface area contributed by atoms with Crippen molar-refractivity contribution in [1.82, 2.24) is 29.7 Å². The Labute approximate surface area is 232 Å². The van der Waals surface area contributed by atoms with Crippen LogP contribution in [0.15, 0.2) is 33.8 Å². The molecule has 6 rings (SSSR count). The average molecular weight is 551 g/mol. The van der Waals surface area contributed by atoms with Crippen LogP contribution in [0, 0.1) is 17.8 Å². The van der Waals surface area contributed by atoms with Crippen LogP contribution in [0.25, 0.3) is 33.8 Å². The summed E-state index contributed by atoms with van der Waals surface area (Å²) in [7, 11) is 0. The first-order valence-electron chi connectivity index (χ1n) is 14.1. The van der Waals surface area contributed by atoms with E-state index in [9.17, 15) is 4.79 Å². The van der Waals surface area contributed by atoms with Gasteiger partial charge in [0.15, 0.2) is 0 Å². The number of hydrogen-bond acceptors (Lipinski definition) is 7. The van der Waals surface area contributed by atoms with E-state index in [0.29, 0.717) is 34.9 Å². The fourth-order valence-corrected chi connectivity index (χ4v) is 6.43. The van der Waals surface area contributed by atoms with Crippen LogP contribution in [0.2, 0.25) is 5.02 Å². The molecule has 1 unspecified atom stereocenters. The predicted octanol–water partition coefficient (Wildman–Crippen LogP) is 6.41. The summed E-state index contributed by atoms with van der Waals surface area (Å²) in [6.45, 7) is 5.81. The minimum atomic E-state index is -0.634. The molecule has 0 aliphatic heterocycles. The molecule has 0 bridgehead atoms. The lowest BCUT2D eigenvalue weighted by molar-refractivity contribution is 0.0104. The van der Waals surface area contributed by atoms with Crippen molar-refractivity contribution in [3.05, 3.63) is 45.9 Å². The Kier molecular flexibility index (Phi) is 7.53. The number of hydrogen-bond donors (Lipinski definition) is 1. The highest BCUT2D eigenvalue weighted by Crippen LogP contribution is 2.36. The molecule has 10 heteroatoms. The van der Waals surface area contributed by atoms with Crippen molar-refractivity contribution in [2.45, 2.75) is 84.5 Å². The summed E-state index contributed by atoms with van der Waals surface area (Å²) in [5.74, 6) is 2.44. The fraction of sp³-hybridized carbons (Fsp3) is 0.552. The van der Waals surface area contributed by atoms with Crippen LogP contribution in [-0.2, 0) is 17.9 Å². The molecule has 1 atom stereocenters. The Morgan fingerprint density at radius 2 is 1.92 bits per heavy atom. The van der Waals surface area contributed by atoms with Crippen molar-refractivity contribution >= 4 is 22.6 Å². The maximum Gasteiger partial charge on any atom is 0.439 e. The summed E-state index contributed by atoms with van der Waals surface area (Å²) in [4.78, 5) is 28.7. The molecule has 2 aliphatic rings. The number of H-pyrrole nitrogens is 1. The van der Waals surface area contributed by atoms with Crippen molar-refractivity contribution in [3.8, 4) is 22.8 Å². The largest absolute Gasteiger partial charge is 0.439 e. The maximum atomic E-state index is 11.7. The lowest BCUT2D eigenvalue weighted by atomic mass is 9.83. The van der Waals surface area contributed by atoms with Gasteiger partial charge in [-0.15, -0.1) is 0 Å². The molecular formula is C29H35ClN6O3. The Hall–Kier alpha value is -3.04. The average Bonchev–Trinajstić information content (AvgIpc) is 3.69. The van der Waals surface area contributed by atoms with Gasteiger partial charge in [-0.05, 0) is 62.5 Å². The van der Waals surface area contributed by atoms with Crippen molar-refractivity contribution in [2.75, 3.05) is 0 Å². The normalized spacial score (nSPS) is 21.1. The molecule has 2 aliphatic carbocycles. The topological polar surface area (TPSA) is 112 Å². The van der Waals surface area contributed by atoms with Gasteiger partial charge in [-0.25, -0.2) is 14.8 Å². The number of fused-ring (bicyclic) bond motifs is 1. The highest BCUT2D eigenvalue weighted by atomic mass is 35.5. The lowest BCUT2D eigenvalue weighted by Crippen LogP contribution is -2.22. The summed E-state index contributed by atoms with van der Waals surface area (Å²) < 4.78 is 13.5. The van der Waals surface area contributed by atoms with Crippen LogP contribution in [0.3, 0.4) is 0 Å². The summed E-state index contributed by atoms with van der Waals surface area (Å²) in [5.41, 5.74) is 3.60. The number of aromatic nitrogens is 6. The quantitative estimate of drug-likeness (QED) is 0.269. The predicted molar refractivity (Wildman–Crippen MR) is 149 cm³/mol. The second-order valence-corrected chi connectivity index (χ2v) is 11.8. The number of ether oxygens (including phenoxy) is 1. The van der Waals surface area contributed by atoms with Crippen LogP contribution in [0.1, 0.15) is 71.0 Å². The highest BCUT2D eigenvalue weighted by molar-refractivity contribution is 6.30. The molecule has 0 aromatic carbocycles. The number of aromatic amines is 1. The second kappa shape index (κ2) is 11.2. The van der Waals surface area contributed by atoms with E-state index in [1.54, 1.807) is 12.4 Å².